The summed E-state index contributed by atoms with van der Waals surface area (Å²) in [5.41, 5.74) is 0. The number of hydrogen-bond donors (Lipinski definition) is 2. The van der Waals surface area contributed by atoms with E-state index in [0.29, 0.717) is 32.8 Å². The van der Waals surface area contributed by atoms with Crippen LogP contribution in [-0.4, -0.2) is 70.4 Å². The maximum Gasteiger partial charge on any atom is 0.214 e. The monoisotopic (exact) mass is 320 g/mol. The van der Waals surface area contributed by atoms with Crippen LogP contribution in [0.5, 0.6) is 0 Å². The summed E-state index contributed by atoms with van der Waals surface area (Å²) in [5.74, 6) is 1.00. The highest BCUT2D eigenvalue weighted by Crippen LogP contribution is 2.11. The molecule has 1 heterocycles. The highest BCUT2D eigenvalue weighted by Gasteiger charge is 2.27. The zero-order chi connectivity index (χ0) is 15.6. The fraction of sp³-hybridized carbons (Fsp3) is 0.923. The van der Waals surface area contributed by atoms with Crippen molar-refractivity contribution in [3.63, 3.8) is 0 Å². The number of aliphatic imine (C=N–C) groups is 1. The Morgan fingerprint density at radius 2 is 2.14 bits per heavy atom. The third kappa shape index (κ3) is 7.10. The molecular formula is C13H28N4O3S. The van der Waals surface area contributed by atoms with Gasteiger partial charge in [-0.2, -0.15) is 0 Å². The van der Waals surface area contributed by atoms with Crippen LogP contribution >= 0.6 is 0 Å². The van der Waals surface area contributed by atoms with Crippen molar-refractivity contribution < 1.29 is 13.2 Å². The van der Waals surface area contributed by atoms with Gasteiger partial charge >= 0.3 is 0 Å². The Bertz CT molecular complexity index is 412. The van der Waals surface area contributed by atoms with Gasteiger partial charge in [-0.3, -0.25) is 4.99 Å². The van der Waals surface area contributed by atoms with Crippen LogP contribution in [0.25, 0.3) is 0 Å². The molecule has 1 aliphatic heterocycles. The third-order valence-electron chi connectivity index (χ3n) is 3.12. The van der Waals surface area contributed by atoms with Crippen molar-refractivity contribution in [2.24, 2.45) is 4.99 Å². The van der Waals surface area contributed by atoms with Crippen LogP contribution in [0.3, 0.4) is 0 Å². The standard InChI is InChI=1S/C13H28N4O3S/c1-3-14-13(15-7-5-11-20-4-2)16-8-10-17-9-6-12-21(17,18)19/h3-12H2,1-2H3,(H2,14,15,16). The second-order valence-electron chi connectivity index (χ2n) is 4.81. The van der Waals surface area contributed by atoms with Gasteiger partial charge in [-0.05, 0) is 26.7 Å². The van der Waals surface area contributed by atoms with E-state index in [0.717, 1.165) is 32.0 Å². The van der Waals surface area contributed by atoms with Crippen molar-refractivity contribution in [1.29, 1.82) is 0 Å². The number of nitrogens with one attached hydrogen (secondary N) is 2. The van der Waals surface area contributed by atoms with Crippen molar-refractivity contribution in [3.05, 3.63) is 0 Å². The molecule has 7 nitrogen and oxygen atoms in total. The van der Waals surface area contributed by atoms with E-state index in [1.54, 1.807) is 4.31 Å². The molecule has 2 N–H and O–H groups in total. The Morgan fingerprint density at radius 1 is 1.33 bits per heavy atom. The first-order chi connectivity index (χ1) is 10.1. The van der Waals surface area contributed by atoms with Gasteiger partial charge in [-0.1, -0.05) is 0 Å². The van der Waals surface area contributed by atoms with Crippen molar-refractivity contribution in [2.45, 2.75) is 26.7 Å². The smallest absolute Gasteiger partial charge is 0.214 e. The Balaban J connectivity index is 2.28. The summed E-state index contributed by atoms with van der Waals surface area (Å²) in [6, 6.07) is 0. The van der Waals surface area contributed by atoms with E-state index in [9.17, 15) is 8.42 Å². The molecule has 0 spiro atoms. The van der Waals surface area contributed by atoms with E-state index in [4.69, 9.17) is 4.74 Å². The van der Waals surface area contributed by atoms with Gasteiger partial charge < -0.3 is 15.4 Å². The second kappa shape index (κ2) is 9.97. The summed E-state index contributed by atoms with van der Waals surface area (Å²) in [4.78, 5) is 4.43. The lowest BCUT2D eigenvalue weighted by Gasteiger charge is -2.16. The molecular weight excluding hydrogens is 292 g/mol. The van der Waals surface area contributed by atoms with Crippen LogP contribution in [0, 0.1) is 0 Å². The predicted molar refractivity (Wildman–Crippen MR) is 85.1 cm³/mol. The third-order valence-corrected chi connectivity index (χ3v) is 5.08. The molecule has 1 rings (SSSR count). The average Bonchev–Trinajstić information content (AvgIpc) is 2.77. The van der Waals surface area contributed by atoms with Gasteiger partial charge in [0, 0.05) is 45.9 Å². The second-order valence-corrected chi connectivity index (χ2v) is 6.89. The largest absolute Gasteiger partial charge is 0.382 e. The molecule has 0 amide bonds. The van der Waals surface area contributed by atoms with Crippen molar-refractivity contribution in [2.75, 3.05) is 51.7 Å². The number of ether oxygens (including phenoxy) is 1. The number of guanidine groups is 1. The molecule has 1 fully saturated rings. The van der Waals surface area contributed by atoms with Gasteiger partial charge in [-0.25, -0.2) is 12.7 Å². The summed E-state index contributed by atoms with van der Waals surface area (Å²) in [5, 5.41) is 6.32. The van der Waals surface area contributed by atoms with Crippen LogP contribution < -0.4 is 10.6 Å². The maximum atomic E-state index is 11.7. The van der Waals surface area contributed by atoms with Gasteiger partial charge in [0.05, 0.1) is 5.75 Å². The number of nitrogens with zero attached hydrogens (tertiary/aromatic N) is 2. The average molecular weight is 320 g/mol. The molecule has 21 heavy (non-hydrogen) atoms. The molecule has 0 radical (unpaired) electrons. The number of hydrogen-bond acceptors (Lipinski definition) is 4. The van der Waals surface area contributed by atoms with Crippen LogP contribution in [-0.2, 0) is 14.8 Å². The number of sulfonamides is 1. The lowest BCUT2D eigenvalue weighted by Crippen LogP contribution is -2.42. The zero-order valence-corrected chi connectivity index (χ0v) is 13.9. The molecule has 8 heteroatoms. The minimum Gasteiger partial charge on any atom is -0.382 e. The molecule has 0 bridgehead atoms. The first-order valence-electron chi connectivity index (χ1n) is 7.68. The topological polar surface area (TPSA) is 83.0 Å². The Kier molecular flexibility index (Phi) is 8.63. The Labute approximate surface area is 128 Å². The summed E-state index contributed by atoms with van der Waals surface area (Å²) < 4.78 is 30.2. The van der Waals surface area contributed by atoms with Crippen LogP contribution in [0.15, 0.2) is 4.99 Å². The van der Waals surface area contributed by atoms with Gasteiger partial charge in [0.25, 0.3) is 0 Å². The minimum absolute atomic E-state index is 0.276. The highest BCUT2D eigenvalue weighted by atomic mass is 32.2. The first-order valence-corrected chi connectivity index (χ1v) is 9.28. The molecule has 0 atom stereocenters. The molecule has 0 aromatic heterocycles. The van der Waals surface area contributed by atoms with E-state index in [1.807, 2.05) is 13.8 Å². The number of rotatable bonds is 9. The lowest BCUT2D eigenvalue weighted by atomic mass is 10.4. The predicted octanol–water partition coefficient (Wildman–Crippen LogP) is 0.00360. The molecule has 124 valence electrons. The first kappa shape index (κ1) is 18.2. The molecule has 0 aromatic carbocycles. The molecule has 0 aromatic rings. The summed E-state index contributed by atoms with van der Waals surface area (Å²) in [7, 11) is -3.01. The van der Waals surface area contributed by atoms with E-state index in [2.05, 4.69) is 15.6 Å². The Morgan fingerprint density at radius 3 is 2.76 bits per heavy atom. The lowest BCUT2D eigenvalue weighted by molar-refractivity contribution is 0.146. The molecule has 0 saturated carbocycles. The normalized spacial score (nSPS) is 18.9. The quantitative estimate of drug-likeness (QED) is 0.355. The van der Waals surface area contributed by atoms with Gasteiger partial charge in [0.2, 0.25) is 10.0 Å². The molecule has 1 aliphatic rings. The highest BCUT2D eigenvalue weighted by molar-refractivity contribution is 7.89. The van der Waals surface area contributed by atoms with E-state index in [-0.39, 0.29) is 5.75 Å². The van der Waals surface area contributed by atoms with Crippen molar-refractivity contribution in [3.8, 4) is 0 Å². The van der Waals surface area contributed by atoms with E-state index >= 15 is 0 Å². The van der Waals surface area contributed by atoms with Gasteiger partial charge in [0.1, 0.15) is 0 Å². The molecule has 0 unspecified atom stereocenters. The fourth-order valence-electron chi connectivity index (χ4n) is 2.08. The molecule has 0 aliphatic carbocycles. The summed E-state index contributed by atoms with van der Waals surface area (Å²) in [6.07, 6.45) is 1.61. The fourth-order valence-corrected chi connectivity index (χ4v) is 3.61. The van der Waals surface area contributed by atoms with Crippen LogP contribution in [0.1, 0.15) is 26.7 Å². The molecule has 1 saturated heterocycles. The Hall–Kier alpha value is -0.860. The SMILES string of the molecule is CCNC(=NCCCOCC)NCCN1CCCS1(=O)=O. The van der Waals surface area contributed by atoms with E-state index in [1.165, 1.54) is 0 Å². The van der Waals surface area contributed by atoms with Gasteiger partial charge in [-0.15, -0.1) is 0 Å². The van der Waals surface area contributed by atoms with Crippen LogP contribution in [0.2, 0.25) is 0 Å². The van der Waals surface area contributed by atoms with Crippen molar-refractivity contribution >= 4 is 16.0 Å². The van der Waals surface area contributed by atoms with Gasteiger partial charge in [0.15, 0.2) is 5.96 Å². The zero-order valence-electron chi connectivity index (χ0n) is 13.1. The summed E-state index contributed by atoms with van der Waals surface area (Å²) >= 11 is 0. The van der Waals surface area contributed by atoms with Crippen LogP contribution in [0.4, 0.5) is 0 Å². The maximum absolute atomic E-state index is 11.7. The van der Waals surface area contributed by atoms with Crippen molar-refractivity contribution in [1.82, 2.24) is 14.9 Å². The summed E-state index contributed by atoms with van der Waals surface area (Å²) in [6.45, 7) is 8.58. The minimum atomic E-state index is -3.01. The van der Waals surface area contributed by atoms with E-state index < -0.39 is 10.0 Å².